The van der Waals surface area contributed by atoms with E-state index in [1.54, 1.807) is 0 Å². The Balaban J connectivity index is 1.55. The number of benzene rings is 1. The molecule has 11 heteroatoms. The fourth-order valence-electron chi connectivity index (χ4n) is 3.30. The van der Waals surface area contributed by atoms with Gasteiger partial charge in [-0.1, -0.05) is 18.2 Å². The number of fused-ring (bicyclic) bond motifs is 1. The molecule has 5 atom stereocenters. The summed E-state index contributed by atoms with van der Waals surface area (Å²) in [6, 6.07) is 9.32. The number of aromatic nitrogens is 4. The Hall–Kier alpha value is -2.50. The van der Waals surface area contributed by atoms with Crippen LogP contribution in [0, 0.1) is 0 Å². The van der Waals surface area contributed by atoms with Crippen LogP contribution in [-0.2, 0) is 4.74 Å². The maximum Gasteiger partial charge on any atom is 0.226 e. The van der Waals surface area contributed by atoms with Crippen LogP contribution in [0.25, 0.3) is 11.2 Å². The normalized spacial score (nSPS) is 24.8. The molecule has 30 heavy (non-hydrogen) atoms. The number of aliphatic hydroxyl groups is 3. The van der Waals surface area contributed by atoms with Gasteiger partial charge in [-0.05, 0) is 30.7 Å². The first kappa shape index (κ1) is 20.8. The third-order valence-corrected chi connectivity index (χ3v) is 4.98. The second-order valence-corrected chi connectivity index (χ2v) is 7.40. The first-order valence-corrected chi connectivity index (χ1v) is 9.82. The Morgan fingerprint density at radius 2 is 2.00 bits per heavy atom. The molecule has 4 rings (SSSR count). The summed E-state index contributed by atoms with van der Waals surface area (Å²) in [5, 5.41) is 32.8. The summed E-state index contributed by atoms with van der Waals surface area (Å²) in [5.74, 6) is 1.16. The fraction of sp³-hybridized carbons (Fsp3) is 0.421. The Labute approximate surface area is 177 Å². The summed E-state index contributed by atoms with van der Waals surface area (Å²) in [5.41, 5.74) is 0.743. The van der Waals surface area contributed by atoms with Gasteiger partial charge in [-0.25, -0.2) is 4.98 Å². The lowest BCUT2D eigenvalue weighted by Gasteiger charge is -2.18. The first-order chi connectivity index (χ1) is 14.5. The molecule has 0 aliphatic carbocycles. The molecule has 1 aliphatic rings. The van der Waals surface area contributed by atoms with Crippen molar-refractivity contribution in [2.45, 2.75) is 37.5 Å². The van der Waals surface area contributed by atoms with E-state index in [-0.39, 0.29) is 11.3 Å². The Morgan fingerprint density at radius 3 is 2.70 bits per heavy atom. The van der Waals surface area contributed by atoms with Crippen molar-refractivity contribution in [3.63, 3.8) is 0 Å². The number of aliphatic hydroxyl groups excluding tert-OH is 3. The highest BCUT2D eigenvalue weighted by Crippen LogP contribution is 2.32. The molecule has 1 fully saturated rings. The number of nitrogens with zero attached hydrogens (tertiary/aromatic N) is 4. The van der Waals surface area contributed by atoms with Crippen LogP contribution in [0.1, 0.15) is 13.2 Å². The minimum atomic E-state index is -1.26. The molecular weight excluding hydrogens is 414 g/mol. The van der Waals surface area contributed by atoms with Crippen molar-refractivity contribution in [1.82, 2.24) is 19.5 Å². The second kappa shape index (κ2) is 8.70. The monoisotopic (exact) mass is 435 g/mol. The van der Waals surface area contributed by atoms with E-state index in [0.717, 1.165) is 5.75 Å². The lowest BCUT2D eigenvalue weighted by atomic mass is 10.1. The number of para-hydroxylation sites is 1. The number of rotatable bonds is 7. The predicted octanol–water partition coefficient (Wildman–Crippen LogP) is 0.971. The standard InChI is InChI=1S/C19H22ClN5O5/c1-10(8-29-11-5-3-2-4-6-11)22-16-13-17(24-19(20)23-16)25(9-21-13)18-15(28)14(27)12(7-26)30-18/h2-6,9-10,12,14-15,18,26-28H,7-8H2,1H3,(H,22,23,24)/t10?,12-,14?,15?,18-/m1/s1. The molecule has 2 aromatic heterocycles. The molecular formula is C19H22ClN5O5. The first-order valence-electron chi connectivity index (χ1n) is 9.45. The molecule has 1 aliphatic heterocycles. The summed E-state index contributed by atoms with van der Waals surface area (Å²) >= 11 is 6.11. The van der Waals surface area contributed by atoms with Crippen molar-refractivity contribution in [3.8, 4) is 5.75 Å². The van der Waals surface area contributed by atoms with Crippen LogP contribution in [-0.4, -0.2) is 72.4 Å². The van der Waals surface area contributed by atoms with Gasteiger partial charge in [0.25, 0.3) is 0 Å². The van der Waals surface area contributed by atoms with E-state index in [1.165, 1.54) is 10.9 Å². The third-order valence-electron chi connectivity index (χ3n) is 4.81. The minimum absolute atomic E-state index is 0.0188. The molecule has 4 N–H and O–H groups in total. The third kappa shape index (κ3) is 4.05. The summed E-state index contributed by atoms with van der Waals surface area (Å²) in [7, 11) is 0. The van der Waals surface area contributed by atoms with Crippen LogP contribution in [0.4, 0.5) is 5.82 Å². The van der Waals surface area contributed by atoms with E-state index in [1.807, 2.05) is 37.3 Å². The molecule has 3 heterocycles. The van der Waals surface area contributed by atoms with Gasteiger partial charge in [-0.2, -0.15) is 9.97 Å². The van der Waals surface area contributed by atoms with Gasteiger partial charge in [0.15, 0.2) is 23.2 Å². The van der Waals surface area contributed by atoms with E-state index in [2.05, 4.69) is 20.3 Å². The van der Waals surface area contributed by atoms with Gasteiger partial charge in [0.2, 0.25) is 5.28 Å². The molecule has 0 spiro atoms. The Kier molecular flexibility index (Phi) is 6.02. The lowest BCUT2D eigenvalue weighted by Crippen LogP contribution is -2.33. The van der Waals surface area contributed by atoms with E-state index in [9.17, 15) is 15.3 Å². The molecule has 0 amide bonds. The molecule has 10 nitrogen and oxygen atoms in total. The topological polar surface area (TPSA) is 135 Å². The van der Waals surface area contributed by atoms with E-state index in [0.29, 0.717) is 23.6 Å². The molecule has 1 aromatic carbocycles. The maximum atomic E-state index is 10.3. The number of halogens is 1. The molecule has 3 aromatic rings. The van der Waals surface area contributed by atoms with Crippen LogP contribution >= 0.6 is 11.6 Å². The van der Waals surface area contributed by atoms with E-state index < -0.39 is 31.1 Å². The van der Waals surface area contributed by atoms with Crippen molar-refractivity contribution < 1.29 is 24.8 Å². The van der Waals surface area contributed by atoms with Gasteiger partial charge >= 0.3 is 0 Å². The summed E-state index contributed by atoms with van der Waals surface area (Å²) in [6.07, 6.45) is -2.95. The van der Waals surface area contributed by atoms with Crippen molar-refractivity contribution >= 4 is 28.6 Å². The van der Waals surface area contributed by atoms with E-state index >= 15 is 0 Å². The molecule has 0 bridgehead atoms. The van der Waals surface area contributed by atoms with Gasteiger partial charge in [-0.3, -0.25) is 4.57 Å². The van der Waals surface area contributed by atoms with Crippen molar-refractivity contribution in [1.29, 1.82) is 0 Å². The average molecular weight is 436 g/mol. The molecule has 0 radical (unpaired) electrons. The number of imidazole rings is 1. The van der Waals surface area contributed by atoms with Gasteiger partial charge in [0.05, 0.1) is 19.0 Å². The smallest absolute Gasteiger partial charge is 0.226 e. The molecule has 160 valence electrons. The SMILES string of the molecule is CC(COc1ccccc1)Nc1nc(Cl)nc2c1ncn2[C@@H]1O[C@H](CO)C(O)C1O. The van der Waals surface area contributed by atoms with Crippen LogP contribution in [0.2, 0.25) is 5.28 Å². The zero-order valence-corrected chi connectivity index (χ0v) is 16.8. The van der Waals surface area contributed by atoms with Crippen molar-refractivity contribution in [2.75, 3.05) is 18.5 Å². The van der Waals surface area contributed by atoms with Gasteiger partial charge in [-0.15, -0.1) is 0 Å². The summed E-state index contributed by atoms with van der Waals surface area (Å²) in [4.78, 5) is 12.7. The largest absolute Gasteiger partial charge is 0.491 e. The number of nitrogens with one attached hydrogen (secondary N) is 1. The van der Waals surface area contributed by atoms with Crippen molar-refractivity contribution in [2.24, 2.45) is 0 Å². The van der Waals surface area contributed by atoms with Crippen LogP contribution in [0.3, 0.4) is 0 Å². The maximum absolute atomic E-state index is 10.3. The second-order valence-electron chi connectivity index (χ2n) is 7.06. The number of hydrogen-bond acceptors (Lipinski definition) is 9. The van der Waals surface area contributed by atoms with Gasteiger partial charge in [0.1, 0.15) is 30.7 Å². The van der Waals surface area contributed by atoms with Crippen molar-refractivity contribution in [3.05, 3.63) is 41.9 Å². The zero-order chi connectivity index (χ0) is 21.3. The van der Waals surface area contributed by atoms with Crippen LogP contribution < -0.4 is 10.1 Å². The highest BCUT2D eigenvalue weighted by molar-refractivity contribution is 6.28. The lowest BCUT2D eigenvalue weighted by molar-refractivity contribution is -0.0511. The van der Waals surface area contributed by atoms with Gasteiger partial charge < -0.3 is 30.1 Å². The average Bonchev–Trinajstić information content (AvgIpc) is 3.28. The quantitative estimate of drug-likeness (QED) is 0.400. The number of ether oxygens (including phenoxy) is 2. The van der Waals surface area contributed by atoms with E-state index in [4.69, 9.17) is 21.1 Å². The molecule has 0 saturated carbocycles. The predicted molar refractivity (Wildman–Crippen MR) is 108 cm³/mol. The molecule has 1 saturated heterocycles. The number of anilines is 1. The summed E-state index contributed by atoms with van der Waals surface area (Å²) < 4.78 is 12.8. The molecule has 3 unspecified atom stereocenters. The van der Waals surface area contributed by atoms with Crippen LogP contribution in [0.5, 0.6) is 5.75 Å². The van der Waals surface area contributed by atoms with Crippen LogP contribution in [0.15, 0.2) is 36.7 Å². The zero-order valence-electron chi connectivity index (χ0n) is 16.1. The number of hydrogen-bond donors (Lipinski definition) is 4. The summed E-state index contributed by atoms with van der Waals surface area (Å²) in [6.45, 7) is 1.87. The van der Waals surface area contributed by atoms with Gasteiger partial charge in [0, 0.05) is 0 Å². The highest BCUT2D eigenvalue weighted by atomic mass is 35.5. The highest BCUT2D eigenvalue weighted by Gasteiger charge is 2.44. The Bertz CT molecular complexity index is 1000. The fourth-order valence-corrected chi connectivity index (χ4v) is 3.46. The minimum Gasteiger partial charge on any atom is -0.491 e. The Morgan fingerprint density at radius 1 is 1.23 bits per heavy atom.